The van der Waals surface area contributed by atoms with Crippen molar-refractivity contribution in [3.8, 4) is 0 Å². The maximum Gasteiger partial charge on any atom is 0.0426 e. The molecule has 2 heteroatoms. The van der Waals surface area contributed by atoms with Crippen LogP contribution in [0.15, 0.2) is 48.5 Å². The molecule has 100 valence electrons. The van der Waals surface area contributed by atoms with Crippen LogP contribution in [0.4, 0.5) is 5.69 Å². The molecule has 1 N–H and O–H groups in total. The van der Waals surface area contributed by atoms with Gasteiger partial charge < -0.3 is 10.2 Å². The van der Waals surface area contributed by atoms with Gasteiger partial charge in [-0.1, -0.05) is 42.5 Å². The third kappa shape index (κ3) is 3.58. The first-order valence-corrected chi connectivity index (χ1v) is 6.70. The lowest BCUT2D eigenvalue weighted by molar-refractivity contribution is 0.815. The van der Waals surface area contributed by atoms with Crippen molar-refractivity contribution in [1.82, 2.24) is 5.32 Å². The van der Waals surface area contributed by atoms with E-state index in [1.54, 1.807) is 0 Å². The second-order valence-electron chi connectivity index (χ2n) is 4.99. The lowest BCUT2D eigenvalue weighted by atomic mass is 10.1. The van der Waals surface area contributed by atoms with Crippen molar-refractivity contribution in [2.75, 3.05) is 19.0 Å². The molecule has 0 aliphatic carbocycles. The van der Waals surface area contributed by atoms with Crippen molar-refractivity contribution >= 4 is 5.69 Å². The average Bonchev–Trinajstić information content (AvgIpc) is 2.40. The van der Waals surface area contributed by atoms with Gasteiger partial charge in [0.25, 0.3) is 0 Å². The summed E-state index contributed by atoms with van der Waals surface area (Å²) in [5, 5.41) is 3.19. The Morgan fingerprint density at radius 1 is 1.00 bits per heavy atom. The number of benzene rings is 2. The lowest BCUT2D eigenvalue weighted by Gasteiger charge is -2.22. The van der Waals surface area contributed by atoms with Gasteiger partial charge in [-0.25, -0.2) is 0 Å². The quantitative estimate of drug-likeness (QED) is 0.880. The second-order valence-corrected chi connectivity index (χ2v) is 4.99. The van der Waals surface area contributed by atoms with Crippen molar-refractivity contribution < 1.29 is 0 Å². The maximum absolute atomic E-state index is 3.19. The molecule has 0 spiro atoms. The Labute approximate surface area is 116 Å². The highest BCUT2D eigenvalue weighted by atomic mass is 15.1. The zero-order valence-electron chi connectivity index (χ0n) is 12.0. The molecule has 0 heterocycles. The summed E-state index contributed by atoms with van der Waals surface area (Å²) in [6.07, 6.45) is 0. The minimum absolute atomic E-state index is 0.920. The molecular weight excluding hydrogens is 232 g/mol. The highest BCUT2D eigenvalue weighted by Crippen LogP contribution is 2.21. The van der Waals surface area contributed by atoms with Gasteiger partial charge in [0.2, 0.25) is 0 Å². The number of nitrogens with zero attached hydrogens (tertiary/aromatic N) is 1. The van der Waals surface area contributed by atoms with Crippen LogP contribution >= 0.6 is 0 Å². The van der Waals surface area contributed by atoms with Gasteiger partial charge in [0, 0.05) is 25.8 Å². The molecular formula is C17H22N2. The van der Waals surface area contributed by atoms with E-state index in [1.165, 1.54) is 22.4 Å². The molecule has 0 saturated carbocycles. The Morgan fingerprint density at radius 3 is 2.37 bits per heavy atom. The Hall–Kier alpha value is -1.80. The maximum atomic E-state index is 3.19. The highest BCUT2D eigenvalue weighted by molar-refractivity contribution is 5.54. The normalized spacial score (nSPS) is 10.5. The molecule has 0 aliphatic heterocycles. The Bertz CT molecular complexity index is 520. The van der Waals surface area contributed by atoms with Crippen LogP contribution in [0.1, 0.15) is 16.7 Å². The number of nitrogens with one attached hydrogen (secondary N) is 1. The molecule has 2 nitrogen and oxygen atoms in total. The molecule has 0 radical (unpaired) electrons. The molecule has 0 atom stereocenters. The van der Waals surface area contributed by atoms with E-state index in [-0.39, 0.29) is 0 Å². The van der Waals surface area contributed by atoms with Gasteiger partial charge in [-0.3, -0.25) is 0 Å². The largest absolute Gasteiger partial charge is 0.370 e. The van der Waals surface area contributed by atoms with Crippen molar-refractivity contribution in [1.29, 1.82) is 0 Å². The fourth-order valence-electron chi connectivity index (χ4n) is 2.40. The first kappa shape index (κ1) is 13.6. The van der Waals surface area contributed by atoms with E-state index in [9.17, 15) is 0 Å². The van der Waals surface area contributed by atoms with E-state index in [0.717, 1.165) is 13.1 Å². The number of aryl methyl sites for hydroxylation is 1. The molecule has 2 rings (SSSR count). The van der Waals surface area contributed by atoms with Gasteiger partial charge in [0.1, 0.15) is 0 Å². The third-order valence-corrected chi connectivity index (χ3v) is 3.32. The average molecular weight is 254 g/mol. The van der Waals surface area contributed by atoms with Crippen LogP contribution in [0.2, 0.25) is 0 Å². The topological polar surface area (TPSA) is 15.3 Å². The monoisotopic (exact) mass is 254 g/mol. The van der Waals surface area contributed by atoms with Crippen molar-refractivity contribution in [3.63, 3.8) is 0 Å². The summed E-state index contributed by atoms with van der Waals surface area (Å²) in [6.45, 7) is 4.03. The van der Waals surface area contributed by atoms with Gasteiger partial charge in [-0.15, -0.1) is 0 Å². The van der Waals surface area contributed by atoms with Crippen LogP contribution in [0, 0.1) is 6.92 Å². The van der Waals surface area contributed by atoms with Gasteiger partial charge in [-0.05, 0) is 36.7 Å². The minimum Gasteiger partial charge on any atom is -0.370 e. The fraction of sp³-hybridized carbons (Fsp3) is 0.294. The van der Waals surface area contributed by atoms with Crippen LogP contribution in [-0.2, 0) is 13.1 Å². The fourth-order valence-corrected chi connectivity index (χ4v) is 2.40. The van der Waals surface area contributed by atoms with Gasteiger partial charge in [0.05, 0.1) is 0 Å². The molecule has 0 bridgehead atoms. The van der Waals surface area contributed by atoms with Crippen LogP contribution in [0.25, 0.3) is 0 Å². The van der Waals surface area contributed by atoms with E-state index in [0.29, 0.717) is 0 Å². The van der Waals surface area contributed by atoms with Gasteiger partial charge >= 0.3 is 0 Å². The molecule has 0 aliphatic rings. The highest BCUT2D eigenvalue weighted by Gasteiger charge is 2.06. The van der Waals surface area contributed by atoms with E-state index in [1.807, 2.05) is 7.05 Å². The molecule has 0 amide bonds. The zero-order chi connectivity index (χ0) is 13.7. The standard InChI is InChI=1S/C17H22N2/c1-14-11-16(12-18-2)9-10-17(14)19(3)13-15-7-5-4-6-8-15/h4-11,18H,12-13H2,1-3H3. The summed E-state index contributed by atoms with van der Waals surface area (Å²) in [5.41, 5.74) is 5.29. The first-order chi connectivity index (χ1) is 9.20. The second kappa shape index (κ2) is 6.39. The summed E-state index contributed by atoms with van der Waals surface area (Å²) < 4.78 is 0. The Kier molecular flexibility index (Phi) is 4.58. The van der Waals surface area contributed by atoms with Gasteiger partial charge in [0.15, 0.2) is 0 Å². The summed E-state index contributed by atoms with van der Waals surface area (Å²) in [4.78, 5) is 2.30. The summed E-state index contributed by atoms with van der Waals surface area (Å²) in [5.74, 6) is 0. The summed E-state index contributed by atoms with van der Waals surface area (Å²) >= 11 is 0. The van der Waals surface area contributed by atoms with E-state index < -0.39 is 0 Å². The van der Waals surface area contributed by atoms with Crippen molar-refractivity contribution in [2.24, 2.45) is 0 Å². The van der Waals surface area contributed by atoms with E-state index >= 15 is 0 Å². The smallest absolute Gasteiger partial charge is 0.0426 e. The lowest BCUT2D eigenvalue weighted by Crippen LogP contribution is -2.17. The Balaban J connectivity index is 2.13. The molecule has 0 unspecified atom stereocenters. The number of anilines is 1. The Morgan fingerprint density at radius 2 is 1.74 bits per heavy atom. The van der Waals surface area contributed by atoms with Crippen molar-refractivity contribution in [2.45, 2.75) is 20.0 Å². The minimum atomic E-state index is 0.920. The van der Waals surface area contributed by atoms with Gasteiger partial charge in [-0.2, -0.15) is 0 Å². The number of hydrogen-bond acceptors (Lipinski definition) is 2. The predicted octanol–water partition coefficient (Wildman–Crippen LogP) is 3.35. The number of rotatable bonds is 5. The molecule has 2 aromatic rings. The van der Waals surface area contributed by atoms with Crippen molar-refractivity contribution in [3.05, 3.63) is 65.2 Å². The molecule has 0 fully saturated rings. The molecule has 2 aromatic carbocycles. The van der Waals surface area contributed by atoms with Crippen LogP contribution in [0.3, 0.4) is 0 Å². The van der Waals surface area contributed by atoms with Crippen LogP contribution in [-0.4, -0.2) is 14.1 Å². The van der Waals surface area contributed by atoms with Crippen LogP contribution < -0.4 is 10.2 Å². The van der Waals surface area contributed by atoms with E-state index in [4.69, 9.17) is 0 Å². The third-order valence-electron chi connectivity index (χ3n) is 3.32. The predicted molar refractivity (Wildman–Crippen MR) is 82.5 cm³/mol. The first-order valence-electron chi connectivity index (χ1n) is 6.70. The molecule has 0 aromatic heterocycles. The molecule has 19 heavy (non-hydrogen) atoms. The SMILES string of the molecule is CNCc1ccc(N(C)Cc2ccccc2)c(C)c1. The van der Waals surface area contributed by atoms with Crippen LogP contribution in [0.5, 0.6) is 0 Å². The molecule has 0 saturated heterocycles. The van der Waals surface area contributed by atoms with E-state index in [2.05, 4.69) is 72.7 Å². The number of hydrogen-bond donors (Lipinski definition) is 1. The summed E-state index contributed by atoms with van der Waals surface area (Å²) in [6, 6.07) is 17.2. The zero-order valence-corrected chi connectivity index (χ0v) is 12.0. The summed E-state index contributed by atoms with van der Waals surface area (Å²) in [7, 11) is 4.12.